The summed E-state index contributed by atoms with van der Waals surface area (Å²) in [6.07, 6.45) is 2.93. The van der Waals surface area contributed by atoms with E-state index in [9.17, 15) is 14.0 Å². The van der Waals surface area contributed by atoms with Crippen LogP contribution < -0.4 is 0 Å². The molecule has 127 valence electrons. The monoisotopic (exact) mass is 542 g/mol. The minimum atomic E-state index is -2.67. The number of hydrogen-bond donors (Lipinski definition) is 0. The molecule has 0 amide bonds. The van der Waals surface area contributed by atoms with Crippen LogP contribution >= 0.6 is 15.9 Å². The van der Waals surface area contributed by atoms with E-state index in [-0.39, 0.29) is 47.5 Å². The number of alkyl halides is 2. The zero-order valence-electron chi connectivity index (χ0n) is 12.9. The molecule has 0 aliphatic carbocycles. The third-order valence-electron chi connectivity index (χ3n) is 2.60. The second kappa shape index (κ2) is 14.9. The van der Waals surface area contributed by atoms with E-state index in [1.807, 2.05) is 0 Å². The molecule has 0 aromatic rings. The minimum Gasteiger partial charge on any atom is -0.463 e. The van der Waals surface area contributed by atoms with Crippen LogP contribution in [0.15, 0.2) is 0 Å². The Morgan fingerprint density at radius 2 is 1.43 bits per heavy atom. The van der Waals surface area contributed by atoms with Gasteiger partial charge in [0.2, 0.25) is 0 Å². The summed E-state index contributed by atoms with van der Waals surface area (Å²) in [6, 6.07) is 0. The van der Waals surface area contributed by atoms with Crippen LogP contribution in [0.3, 0.4) is 0 Å². The Kier molecular flexibility index (Phi) is 18.4. The van der Waals surface area contributed by atoms with Crippen molar-refractivity contribution in [1.29, 1.82) is 0 Å². The van der Waals surface area contributed by atoms with Gasteiger partial charge in [-0.05, 0) is 26.7 Å². The molecule has 21 heavy (non-hydrogen) atoms. The Bertz CT molecular complexity index is 272. The molecule has 0 aliphatic heterocycles. The van der Waals surface area contributed by atoms with Gasteiger partial charge in [0.1, 0.15) is 0 Å². The maximum absolute atomic E-state index is 14.5. The van der Waals surface area contributed by atoms with Gasteiger partial charge in [-0.25, -0.2) is 14.0 Å². The smallest absolute Gasteiger partial charge is 0.355 e. The van der Waals surface area contributed by atoms with Crippen LogP contribution in [-0.4, -0.2) is 36.2 Å². The first-order valence-electron chi connectivity index (χ1n) is 6.62. The summed E-state index contributed by atoms with van der Waals surface area (Å²) in [5.41, 5.74) is -2.67. The molecule has 0 atom stereocenters. The first kappa shape index (κ1) is 25.9. The fourth-order valence-corrected chi connectivity index (χ4v) is 1.99. The first-order valence-corrected chi connectivity index (χ1v) is 7.74. The Balaban J connectivity index is -0.00000162. The molecule has 0 aliphatic rings. The summed E-state index contributed by atoms with van der Waals surface area (Å²) >= 11 is 3.31. The average Bonchev–Trinajstić information content (AvgIpc) is 2.38. The Labute approximate surface area is 149 Å². The van der Waals surface area contributed by atoms with E-state index >= 15 is 0 Å². The van der Waals surface area contributed by atoms with Crippen LogP contribution in [0.2, 0.25) is 0 Å². The van der Waals surface area contributed by atoms with E-state index in [0.29, 0.717) is 6.42 Å². The van der Waals surface area contributed by atoms with Crippen LogP contribution in [0.5, 0.6) is 0 Å². The van der Waals surface area contributed by atoms with Crippen molar-refractivity contribution in [2.75, 3.05) is 18.5 Å². The number of unbranched alkanes of at least 4 members (excludes halogenated alkanes) is 3. The van der Waals surface area contributed by atoms with Gasteiger partial charge in [0.05, 0.1) is 13.2 Å². The van der Waals surface area contributed by atoms with Gasteiger partial charge in [0.25, 0.3) is 0 Å². The fraction of sp³-hybridized carbons (Fsp3) is 0.786. The van der Waals surface area contributed by atoms with Crippen molar-refractivity contribution in [3.8, 4) is 0 Å². The summed E-state index contributed by atoms with van der Waals surface area (Å²) in [5, 5.41) is 0.892. The third-order valence-corrected chi connectivity index (χ3v) is 3.16. The molecule has 0 unspecified atom stereocenters. The predicted octanol–water partition coefficient (Wildman–Crippen LogP) is 3.61. The number of rotatable bonds is 10. The van der Waals surface area contributed by atoms with E-state index in [1.165, 1.54) is 0 Å². The van der Waals surface area contributed by atoms with Crippen molar-refractivity contribution in [2.45, 2.75) is 51.6 Å². The standard InChI is InChI=1S/C13H22BrFO4.CH3.Re/c1-3-18-11(16)13(15,12(17)19-4-2)9-7-5-6-8-10-14;;/h3-10H2,1-2H3;1H3;/q;-1;. The van der Waals surface area contributed by atoms with Crippen molar-refractivity contribution >= 4 is 27.9 Å². The van der Waals surface area contributed by atoms with Crippen molar-refractivity contribution in [3.05, 3.63) is 7.43 Å². The molecule has 0 aromatic heterocycles. The van der Waals surface area contributed by atoms with E-state index in [4.69, 9.17) is 0 Å². The number of halogens is 2. The molecule has 0 N–H and O–H groups in total. The van der Waals surface area contributed by atoms with Gasteiger partial charge in [-0.15, -0.1) is 0 Å². The molecular weight excluding hydrogens is 517 g/mol. The van der Waals surface area contributed by atoms with Crippen LogP contribution in [0.25, 0.3) is 0 Å². The summed E-state index contributed by atoms with van der Waals surface area (Å²) < 4.78 is 23.8. The molecule has 4 nitrogen and oxygen atoms in total. The molecule has 0 aromatic carbocycles. The van der Waals surface area contributed by atoms with Gasteiger partial charge in [-0.2, -0.15) is 0 Å². The molecule has 0 saturated heterocycles. The maximum Gasteiger partial charge on any atom is 0.355 e. The molecule has 0 fully saturated rings. The maximum atomic E-state index is 14.5. The average molecular weight is 542 g/mol. The van der Waals surface area contributed by atoms with E-state index < -0.39 is 17.6 Å². The molecule has 0 heterocycles. The molecule has 7 heteroatoms. The molecule has 0 bridgehead atoms. The normalized spacial score (nSPS) is 10.1. The third kappa shape index (κ3) is 9.60. The topological polar surface area (TPSA) is 52.6 Å². The summed E-state index contributed by atoms with van der Waals surface area (Å²) in [7, 11) is 0. The fourth-order valence-electron chi connectivity index (χ4n) is 1.60. The van der Waals surface area contributed by atoms with Crippen LogP contribution in [-0.2, 0) is 39.5 Å². The Hall–Kier alpha value is 0.0123. The quantitative estimate of drug-likeness (QED) is 0.139. The number of esters is 2. The van der Waals surface area contributed by atoms with Gasteiger partial charge in [0, 0.05) is 32.2 Å². The number of carbonyl (C=O) groups excluding carboxylic acids is 2. The van der Waals surface area contributed by atoms with E-state index in [0.717, 1.165) is 24.6 Å². The number of ether oxygens (including phenoxy) is 2. The summed E-state index contributed by atoms with van der Waals surface area (Å²) in [4.78, 5) is 23.2. The second-order valence-corrected chi connectivity index (χ2v) is 4.89. The van der Waals surface area contributed by atoms with Crippen LogP contribution in [0.1, 0.15) is 46.0 Å². The van der Waals surface area contributed by atoms with Crippen LogP contribution in [0.4, 0.5) is 4.39 Å². The van der Waals surface area contributed by atoms with Gasteiger partial charge in [0.15, 0.2) is 0 Å². The number of carbonyl (C=O) groups is 2. The number of hydrogen-bond acceptors (Lipinski definition) is 4. The van der Waals surface area contributed by atoms with E-state index in [2.05, 4.69) is 25.4 Å². The minimum absolute atomic E-state index is 0. The van der Waals surface area contributed by atoms with Crippen molar-refractivity contribution < 1.29 is 43.9 Å². The largest absolute Gasteiger partial charge is 0.463 e. The van der Waals surface area contributed by atoms with Crippen molar-refractivity contribution in [3.63, 3.8) is 0 Å². The van der Waals surface area contributed by atoms with Gasteiger partial charge in [-0.1, -0.05) is 28.8 Å². The molecular formula is C14H25BrFO4Re-. The predicted molar refractivity (Wildman–Crippen MR) is 80.4 cm³/mol. The zero-order valence-corrected chi connectivity index (χ0v) is 17.2. The molecule has 0 saturated carbocycles. The molecule has 0 rings (SSSR count). The SMILES string of the molecule is CCOC(=O)C(F)(CCCCCCBr)C(=O)OCC.[CH3-].[Re]. The Morgan fingerprint density at radius 1 is 1.00 bits per heavy atom. The van der Waals surface area contributed by atoms with Crippen LogP contribution in [0, 0.1) is 7.43 Å². The van der Waals surface area contributed by atoms with Gasteiger partial charge in [-0.3, -0.25) is 0 Å². The summed E-state index contributed by atoms with van der Waals surface area (Å²) in [6.45, 7) is 3.21. The van der Waals surface area contributed by atoms with Crippen molar-refractivity contribution in [2.24, 2.45) is 0 Å². The summed E-state index contributed by atoms with van der Waals surface area (Å²) in [5.74, 6) is -2.29. The first-order chi connectivity index (χ1) is 9.02. The Morgan fingerprint density at radius 3 is 1.81 bits per heavy atom. The van der Waals surface area contributed by atoms with Gasteiger partial charge < -0.3 is 16.9 Å². The molecule has 0 spiro atoms. The molecule has 1 radical (unpaired) electrons. The van der Waals surface area contributed by atoms with Crippen molar-refractivity contribution in [1.82, 2.24) is 0 Å². The zero-order chi connectivity index (χ0) is 14.7. The second-order valence-electron chi connectivity index (χ2n) is 4.10. The van der Waals surface area contributed by atoms with Gasteiger partial charge >= 0.3 is 17.6 Å². The van der Waals surface area contributed by atoms with E-state index in [1.54, 1.807) is 13.8 Å².